The van der Waals surface area contributed by atoms with Crippen molar-refractivity contribution in [2.45, 2.75) is 12.4 Å². The number of fused-ring (bicyclic) bond motifs is 2. The molecule has 3 aromatic carbocycles. The van der Waals surface area contributed by atoms with Crippen LogP contribution in [0.15, 0.2) is 66.2 Å². The molecule has 0 radical (unpaired) electrons. The van der Waals surface area contributed by atoms with Crippen LogP contribution in [-0.4, -0.2) is 18.1 Å². The first-order valence-electron chi connectivity index (χ1n) is 7.40. The third-order valence-electron chi connectivity index (χ3n) is 3.90. The first-order valence-corrected chi connectivity index (χ1v) is 7.40. The second kappa shape index (κ2) is 6.16. The molecule has 3 aromatic rings. The number of ketones is 1. The minimum atomic E-state index is -5.69. The lowest BCUT2D eigenvalue weighted by Gasteiger charge is -2.15. The molecule has 26 heavy (non-hydrogen) atoms. The zero-order chi connectivity index (χ0) is 19.1. The molecule has 3 rings (SSSR count). The van der Waals surface area contributed by atoms with E-state index >= 15 is 0 Å². The molecule has 134 valence electrons. The minimum Gasteiger partial charge on any atom is -0.289 e. The highest BCUT2D eigenvalue weighted by atomic mass is 19.4. The molecule has 0 N–H and O–H groups in total. The Morgan fingerprint density at radius 2 is 1.15 bits per heavy atom. The van der Waals surface area contributed by atoms with Crippen LogP contribution in [0.2, 0.25) is 0 Å². The average molecular weight is 368 g/mol. The Bertz CT molecular complexity index is 958. The van der Waals surface area contributed by atoms with Crippen LogP contribution >= 0.6 is 0 Å². The number of rotatable bonds is 2. The van der Waals surface area contributed by atoms with Gasteiger partial charge in [0.15, 0.2) is 5.78 Å². The predicted molar refractivity (Wildman–Crippen MR) is 86.0 cm³/mol. The highest BCUT2D eigenvalue weighted by molar-refractivity contribution is 6.22. The molecule has 0 saturated carbocycles. The first-order chi connectivity index (χ1) is 12.1. The largest absolute Gasteiger partial charge is 0.421 e. The fourth-order valence-electron chi connectivity index (χ4n) is 2.81. The van der Waals surface area contributed by atoms with Crippen molar-refractivity contribution < 1.29 is 31.1 Å². The zero-order valence-electron chi connectivity index (χ0n) is 12.9. The van der Waals surface area contributed by atoms with Gasteiger partial charge in [0.1, 0.15) is 5.57 Å². The van der Waals surface area contributed by atoms with Crippen LogP contribution in [-0.2, 0) is 0 Å². The predicted octanol–water partition coefficient (Wildman–Crippen LogP) is 6.23. The lowest BCUT2D eigenvalue weighted by molar-refractivity contribution is -0.171. The molecule has 0 aliphatic rings. The van der Waals surface area contributed by atoms with E-state index < -0.39 is 23.7 Å². The third kappa shape index (κ3) is 3.29. The minimum absolute atomic E-state index is 0.190. The maximum atomic E-state index is 12.8. The van der Waals surface area contributed by atoms with Crippen LogP contribution in [0.3, 0.4) is 0 Å². The molecular formula is C19H10F6O. The van der Waals surface area contributed by atoms with Crippen molar-refractivity contribution in [1.82, 2.24) is 0 Å². The highest BCUT2D eigenvalue weighted by Gasteiger charge is 2.51. The van der Waals surface area contributed by atoms with Crippen molar-refractivity contribution in [2.75, 3.05) is 0 Å². The van der Waals surface area contributed by atoms with Crippen LogP contribution < -0.4 is 0 Å². The number of hydrogen-bond donors (Lipinski definition) is 0. The van der Waals surface area contributed by atoms with Gasteiger partial charge in [0.25, 0.3) is 0 Å². The van der Waals surface area contributed by atoms with Gasteiger partial charge >= 0.3 is 12.4 Å². The van der Waals surface area contributed by atoms with E-state index in [1.54, 1.807) is 42.5 Å². The van der Waals surface area contributed by atoms with Gasteiger partial charge in [-0.15, -0.1) is 0 Å². The number of halogens is 6. The van der Waals surface area contributed by atoms with E-state index in [1.165, 1.54) is 12.1 Å². The van der Waals surface area contributed by atoms with Gasteiger partial charge in [-0.05, 0) is 27.6 Å². The molecule has 7 heteroatoms. The average Bonchev–Trinajstić information content (AvgIpc) is 2.55. The smallest absolute Gasteiger partial charge is 0.289 e. The summed E-state index contributed by atoms with van der Waals surface area (Å²) < 4.78 is 76.7. The monoisotopic (exact) mass is 368 g/mol. The van der Waals surface area contributed by atoms with Gasteiger partial charge in [0.05, 0.1) is 0 Å². The van der Waals surface area contributed by atoms with Crippen molar-refractivity contribution in [3.8, 4) is 0 Å². The molecular weight excluding hydrogens is 358 g/mol. The molecule has 1 nitrogen and oxygen atoms in total. The Kier molecular flexibility index (Phi) is 4.26. The molecule has 0 heterocycles. The number of carbonyl (C=O) groups is 1. The Morgan fingerprint density at radius 3 is 1.58 bits per heavy atom. The standard InChI is InChI=1S/C19H10F6O/c20-18(21,22)16(19(23,24)25)10-15(26)17-13-7-3-1-5-11(13)9-12-6-2-4-8-14(12)17/h1-10H. The molecule has 0 atom stereocenters. The van der Waals surface area contributed by atoms with E-state index in [9.17, 15) is 31.1 Å². The van der Waals surface area contributed by atoms with Crippen LogP contribution in [0.5, 0.6) is 0 Å². The third-order valence-corrected chi connectivity index (χ3v) is 3.90. The molecule has 0 aromatic heterocycles. The fraction of sp³-hybridized carbons (Fsp3) is 0.105. The SMILES string of the molecule is O=C(C=C(C(F)(F)F)C(F)(F)F)c1c2ccccc2cc2ccccc12. The number of alkyl halides is 6. The molecule has 0 saturated heterocycles. The van der Waals surface area contributed by atoms with Crippen LogP contribution in [0.1, 0.15) is 10.4 Å². The maximum Gasteiger partial charge on any atom is 0.421 e. The van der Waals surface area contributed by atoms with Crippen LogP contribution in [0.25, 0.3) is 21.5 Å². The van der Waals surface area contributed by atoms with Gasteiger partial charge in [-0.3, -0.25) is 4.79 Å². The molecule has 0 aliphatic heterocycles. The van der Waals surface area contributed by atoms with Crippen molar-refractivity contribution in [3.63, 3.8) is 0 Å². The van der Waals surface area contributed by atoms with E-state index in [-0.39, 0.29) is 22.4 Å². The summed E-state index contributed by atoms with van der Waals surface area (Å²) in [5, 5.41) is 1.67. The Labute approximate surface area is 143 Å². The summed E-state index contributed by atoms with van der Waals surface area (Å²) in [5.41, 5.74) is -3.02. The second-order valence-corrected chi connectivity index (χ2v) is 5.61. The van der Waals surface area contributed by atoms with Gasteiger partial charge in [-0.1, -0.05) is 48.5 Å². The molecule has 0 bridgehead atoms. The molecule has 0 aliphatic carbocycles. The zero-order valence-corrected chi connectivity index (χ0v) is 12.9. The van der Waals surface area contributed by atoms with Gasteiger partial charge < -0.3 is 0 Å². The number of carbonyl (C=O) groups excluding carboxylic acids is 1. The summed E-state index contributed by atoms with van der Waals surface area (Å²) in [6.45, 7) is 0. The quantitative estimate of drug-likeness (QED) is 0.227. The van der Waals surface area contributed by atoms with Gasteiger partial charge in [-0.25, -0.2) is 0 Å². The van der Waals surface area contributed by atoms with Crippen molar-refractivity contribution in [3.05, 3.63) is 71.8 Å². The van der Waals surface area contributed by atoms with Crippen LogP contribution in [0, 0.1) is 0 Å². The van der Waals surface area contributed by atoms with Gasteiger partial charge in [0.2, 0.25) is 0 Å². The van der Waals surface area contributed by atoms with Gasteiger partial charge in [0, 0.05) is 11.6 Å². The number of hydrogen-bond acceptors (Lipinski definition) is 1. The summed E-state index contributed by atoms with van der Waals surface area (Å²) in [6, 6.07) is 14.4. The molecule has 0 amide bonds. The fourth-order valence-corrected chi connectivity index (χ4v) is 2.81. The van der Waals surface area contributed by atoms with E-state index in [4.69, 9.17) is 0 Å². The number of allylic oxidation sites excluding steroid dienone is 2. The Morgan fingerprint density at radius 1 is 0.731 bits per heavy atom. The van der Waals surface area contributed by atoms with Gasteiger partial charge in [-0.2, -0.15) is 26.3 Å². The van der Waals surface area contributed by atoms with E-state index in [0.29, 0.717) is 10.8 Å². The van der Waals surface area contributed by atoms with E-state index in [1.807, 2.05) is 0 Å². The summed E-state index contributed by atoms with van der Waals surface area (Å²) in [5.74, 6) is -1.34. The topological polar surface area (TPSA) is 17.1 Å². The molecule has 0 spiro atoms. The summed E-state index contributed by atoms with van der Waals surface area (Å²) >= 11 is 0. The molecule has 0 unspecified atom stereocenters. The normalized spacial score (nSPS) is 12.4. The van der Waals surface area contributed by atoms with Crippen molar-refractivity contribution in [2.24, 2.45) is 0 Å². The van der Waals surface area contributed by atoms with Crippen molar-refractivity contribution in [1.29, 1.82) is 0 Å². The maximum absolute atomic E-state index is 12.8. The summed E-state index contributed by atoms with van der Waals surface area (Å²) in [4.78, 5) is 12.5. The molecule has 0 fully saturated rings. The van der Waals surface area contributed by atoms with Crippen molar-refractivity contribution >= 4 is 27.3 Å². The summed E-state index contributed by atoms with van der Waals surface area (Å²) in [6.07, 6.45) is -11.7. The lowest BCUT2D eigenvalue weighted by atomic mass is 9.93. The van der Waals surface area contributed by atoms with Crippen LogP contribution in [0.4, 0.5) is 26.3 Å². The van der Waals surface area contributed by atoms with E-state index in [0.717, 1.165) is 0 Å². The lowest BCUT2D eigenvalue weighted by Crippen LogP contribution is -2.27. The number of benzene rings is 3. The van der Waals surface area contributed by atoms with E-state index in [2.05, 4.69) is 0 Å². The Balaban J connectivity index is 2.32. The first kappa shape index (κ1) is 18.0. The highest BCUT2D eigenvalue weighted by Crippen LogP contribution is 2.39. The summed E-state index contributed by atoms with van der Waals surface area (Å²) in [7, 11) is 0. The Hall–Kier alpha value is -2.83. The second-order valence-electron chi connectivity index (χ2n) is 5.61.